The van der Waals surface area contributed by atoms with Crippen LogP contribution in [0.3, 0.4) is 0 Å². The SMILES string of the molecule is O=C(Nc1ccc(F)c([N+](=O)[O-])c1)c1ccc(=O)n(CCOc2ccccc2)n1. The summed E-state index contributed by atoms with van der Waals surface area (Å²) < 4.78 is 20.0. The Morgan fingerprint density at radius 2 is 1.93 bits per heavy atom. The minimum atomic E-state index is -1.02. The maximum Gasteiger partial charge on any atom is 0.306 e. The quantitative estimate of drug-likeness (QED) is 0.483. The molecule has 0 unspecified atom stereocenters. The number of nitrogens with zero attached hydrogens (tertiary/aromatic N) is 3. The number of nitro groups is 1. The van der Waals surface area contributed by atoms with Crippen molar-refractivity contribution in [2.45, 2.75) is 6.54 Å². The van der Waals surface area contributed by atoms with E-state index in [9.17, 15) is 24.1 Å². The molecule has 0 aliphatic carbocycles. The smallest absolute Gasteiger partial charge is 0.306 e. The van der Waals surface area contributed by atoms with Crippen molar-refractivity contribution >= 4 is 17.3 Å². The van der Waals surface area contributed by atoms with Crippen LogP contribution in [0.15, 0.2) is 65.5 Å². The van der Waals surface area contributed by atoms with Crippen LogP contribution in [-0.2, 0) is 6.54 Å². The molecule has 1 amide bonds. The lowest BCUT2D eigenvalue weighted by molar-refractivity contribution is -0.387. The summed E-state index contributed by atoms with van der Waals surface area (Å²) in [6.07, 6.45) is 0. The molecule has 0 saturated heterocycles. The van der Waals surface area contributed by atoms with Gasteiger partial charge in [0, 0.05) is 17.8 Å². The van der Waals surface area contributed by atoms with E-state index in [-0.39, 0.29) is 24.5 Å². The number of benzene rings is 2. The summed E-state index contributed by atoms with van der Waals surface area (Å²) in [7, 11) is 0. The normalized spacial score (nSPS) is 10.4. The number of amides is 1. The largest absolute Gasteiger partial charge is 0.492 e. The number of aromatic nitrogens is 2. The Kier molecular flexibility index (Phi) is 5.93. The fraction of sp³-hybridized carbons (Fsp3) is 0.105. The van der Waals surface area contributed by atoms with Gasteiger partial charge in [-0.2, -0.15) is 9.49 Å². The topological polar surface area (TPSA) is 116 Å². The maximum absolute atomic E-state index is 13.4. The molecule has 3 aromatic rings. The average Bonchev–Trinajstić information content (AvgIpc) is 2.71. The summed E-state index contributed by atoms with van der Waals surface area (Å²) in [5.41, 5.74) is -1.25. The molecule has 2 aromatic carbocycles. The lowest BCUT2D eigenvalue weighted by atomic mass is 10.2. The van der Waals surface area contributed by atoms with Crippen molar-refractivity contribution < 1.29 is 18.8 Å². The highest BCUT2D eigenvalue weighted by molar-refractivity contribution is 6.02. The molecule has 1 aromatic heterocycles. The molecule has 0 radical (unpaired) electrons. The van der Waals surface area contributed by atoms with Gasteiger partial charge in [-0.25, -0.2) is 4.68 Å². The first-order valence-electron chi connectivity index (χ1n) is 8.45. The molecule has 9 nitrogen and oxygen atoms in total. The molecule has 29 heavy (non-hydrogen) atoms. The number of para-hydroxylation sites is 1. The van der Waals surface area contributed by atoms with Crippen LogP contribution < -0.4 is 15.6 Å². The van der Waals surface area contributed by atoms with E-state index < -0.39 is 27.9 Å². The van der Waals surface area contributed by atoms with Crippen LogP contribution in [0.25, 0.3) is 0 Å². The van der Waals surface area contributed by atoms with Gasteiger partial charge in [0.05, 0.1) is 11.5 Å². The molecule has 10 heteroatoms. The van der Waals surface area contributed by atoms with E-state index in [4.69, 9.17) is 4.74 Å². The second-order valence-electron chi connectivity index (χ2n) is 5.82. The minimum Gasteiger partial charge on any atom is -0.492 e. The van der Waals surface area contributed by atoms with Gasteiger partial charge >= 0.3 is 5.69 Å². The van der Waals surface area contributed by atoms with Crippen molar-refractivity contribution in [3.8, 4) is 5.75 Å². The monoisotopic (exact) mass is 398 g/mol. The third kappa shape index (κ3) is 5.01. The van der Waals surface area contributed by atoms with Crippen LogP contribution in [-0.4, -0.2) is 27.2 Å². The van der Waals surface area contributed by atoms with E-state index in [2.05, 4.69) is 10.4 Å². The first kappa shape index (κ1) is 19.7. The van der Waals surface area contributed by atoms with Crippen molar-refractivity contribution in [3.05, 3.63) is 92.6 Å². The van der Waals surface area contributed by atoms with Gasteiger partial charge in [0.15, 0.2) is 0 Å². The van der Waals surface area contributed by atoms with Crippen LogP contribution in [0.4, 0.5) is 15.8 Å². The van der Waals surface area contributed by atoms with Crippen LogP contribution in [0.1, 0.15) is 10.5 Å². The molecule has 0 atom stereocenters. The number of carbonyl (C=O) groups excluding carboxylic acids is 1. The molecule has 0 saturated carbocycles. The second kappa shape index (κ2) is 8.74. The highest BCUT2D eigenvalue weighted by Gasteiger charge is 2.16. The summed E-state index contributed by atoms with van der Waals surface area (Å²) in [6.45, 7) is 0.267. The zero-order valence-corrected chi connectivity index (χ0v) is 14.9. The van der Waals surface area contributed by atoms with Gasteiger partial charge in [0.25, 0.3) is 11.5 Å². The number of halogens is 1. The molecule has 0 aliphatic heterocycles. The number of carbonyl (C=O) groups is 1. The average molecular weight is 398 g/mol. The van der Waals surface area contributed by atoms with Crippen molar-refractivity contribution in [2.75, 3.05) is 11.9 Å². The third-order valence-corrected chi connectivity index (χ3v) is 3.81. The highest BCUT2D eigenvalue weighted by Crippen LogP contribution is 2.21. The van der Waals surface area contributed by atoms with E-state index in [0.717, 1.165) is 16.8 Å². The molecule has 148 valence electrons. The Bertz CT molecular complexity index is 1100. The van der Waals surface area contributed by atoms with E-state index in [1.165, 1.54) is 18.2 Å². The number of ether oxygens (including phenoxy) is 1. The van der Waals surface area contributed by atoms with Gasteiger partial charge in [-0.3, -0.25) is 19.7 Å². The van der Waals surface area contributed by atoms with Gasteiger partial charge in [-0.1, -0.05) is 18.2 Å². The number of hydrogen-bond donors (Lipinski definition) is 1. The summed E-state index contributed by atoms with van der Waals surface area (Å²) in [5.74, 6) is -1.09. The van der Waals surface area contributed by atoms with Crippen LogP contribution in [0, 0.1) is 15.9 Å². The van der Waals surface area contributed by atoms with E-state index in [1.807, 2.05) is 18.2 Å². The molecule has 1 heterocycles. The number of nitrogens with one attached hydrogen (secondary N) is 1. The van der Waals surface area contributed by atoms with Gasteiger partial charge in [0.2, 0.25) is 5.82 Å². The van der Waals surface area contributed by atoms with Gasteiger partial charge in [-0.05, 0) is 30.3 Å². The predicted molar refractivity (Wildman–Crippen MR) is 101 cm³/mol. The van der Waals surface area contributed by atoms with Gasteiger partial charge < -0.3 is 10.1 Å². The second-order valence-corrected chi connectivity index (χ2v) is 5.82. The molecule has 3 rings (SSSR count). The zero-order chi connectivity index (χ0) is 20.8. The first-order chi connectivity index (χ1) is 13.9. The Labute approximate surface area is 163 Å². The molecular formula is C19H15FN4O5. The Morgan fingerprint density at radius 1 is 1.17 bits per heavy atom. The minimum absolute atomic E-state index is 0.0232. The summed E-state index contributed by atoms with van der Waals surface area (Å²) in [5, 5.41) is 17.2. The zero-order valence-electron chi connectivity index (χ0n) is 14.9. The first-order valence-corrected chi connectivity index (χ1v) is 8.45. The number of rotatable bonds is 7. The van der Waals surface area contributed by atoms with Crippen molar-refractivity contribution in [3.63, 3.8) is 0 Å². The van der Waals surface area contributed by atoms with E-state index >= 15 is 0 Å². The molecule has 0 aliphatic rings. The summed E-state index contributed by atoms with van der Waals surface area (Å²) in [6, 6.07) is 14.4. The Morgan fingerprint density at radius 3 is 2.66 bits per heavy atom. The number of anilines is 1. The van der Waals surface area contributed by atoms with Crippen molar-refractivity contribution in [1.29, 1.82) is 0 Å². The van der Waals surface area contributed by atoms with Crippen LogP contribution in [0.2, 0.25) is 0 Å². The number of nitro benzene ring substituents is 1. The number of hydrogen-bond acceptors (Lipinski definition) is 6. The molecule has 0 spiro atoms. The third-order valence-electron chi connectivity index (χ3n) is 3.81. The summed E-state index contributed by atoms with van der Waals surface area (Å²) >= 11 is 0. The van der Waals surface area contributed by atoms with Gasteiger partial charge in [0.1, 0.15) is 18.1 Å². The molecule has 0 fully saturated rings. The molecular weight excluding hydrogens is 383 g/mol. The lowest BCUT2D eigenvalue weighted by Crippen LogP contribution is -2.28. The lowest BCUT2D eigenvalue weighted by Gasteiger charge is -2.09. The predicted octanol–water partition coefficient (Wildman–Crippen LogP) is 2.62. The maximum atomic E-state index is 13.4. The Balaban J connectivity index is 1.70. The van der Waals surface area contributed by atoms with E-state index in [1.54, 1.807) is 12.1 Å². The molecule has 1 N–H and O–H groups in total. The van der Waals surface area contributed by atoms with E-state index in [0.29, 0.717) is 5.75 Å². The summed E-state index contributed by atoms with van der Waals surface area (Å²) in [4.78, 5) is 34.2. The van der Waals surface area contributed by atoms with Gasteiger partial charge in [-0.15, -0.1) is 0 Å². The fourth-order valence-electron chi connectivity index (χ4n) is 2.42. The van der Waals surface area contributed by atoms with Crippen LogP contribution >= 0.6 is 0 Å². The Hall–Kier alpha value is -4.08. The molecule has 0 bridgehead atoms. The standard InChI is InChI=1S/C19H15FN4O5/c20-15-7-6-13(12-17(15)24(27)28)21-19(26)16-8-9-18(25)23(22-16)10-11-29-14-4-2-1-3-5-14/h1-9,12H,10-11H2,(H,21,26). The van der Waals surface area contributed by atoms with Crippen molar-refractivity contribution in [1.82, 2.24) is 9.78 Å². The fourth-order valence-corrected chi connectivity index (χ4v) is 2.42. The highest BCUT2D eigenvalue weighted by atomic mass is 19.1. The van der Waals surface area contributed by atoms with Crippen molar-refractivity contribution in [2.24, 2.45) is 0 Å². The van der Waals surface area contributed by atoms with Crippen LogP contribution in [0.5, 0.6) is 5.75 Å².